The van der Waals surface area contributed by atoms with Crippen molar-refractivity contribution in [3.05, 3.63) is 52.3 Å². The maximum absolute atomic E-state index is 12.1. The molecule has 0 saturated carbocycles. The Hall–Kier alpha value is -2.43. The Morgan fingerprint density at radius 2 is 1.74 bits per heavy atom. The van der Waals surface area contributed by atoms with E-state index in [0.717, 1.165) is 29.8 Å². The molecule has 0 bridgehead atoms. The lowest BCUT2D eigenvalue weighted by Gasteiger charge is -2.16. The highest BCUT2D eigenvalue weighted by Crippen LogP contribution is 2.22. The number of nitrogens with zero attached hydrogens (tertiary/aromatic N) is 2. The maximum atomic E-state index is 12.1. The number of fused-ring (bicyclic) bond motifs is 1. The quantitative estimate of drug-likeness (QED) is 0.852. The minimum Gasteiger partial charge on any atom is -0.273 e. The summed E-state index contributed by atoms with van der Waals surface area (Å²) in [7, 11) is 0. The summed E-state index contributed by atoms with van der Waals surface area (Å²) in [6.45, 7) is 3.80. The minimum atomic E-state index is -0.0940. The van der Waals surface area contributed by atoms with Gasteiger partial charge in [-0.1, -0.05) is 18.2 Å². The molecule has 0 unspecified atom stereocenters. The smallest absolute Gasteiger partial charge is 0.242 e. The molecule has 0 fully saturated rings. The molecular weight excluding hydrogens is 288 g/mol. The van der Waals surface area contributed by atoms with Crippen LogP contribution in [-0.4, -0.2) is 15.9 Å². The summed E-state index contributed by atoms with van der Waals surface area (Å²) in [6, 6.07) is 8.27. The molecule has 0 saturated heterocycles. The van der Waals surface area contributed by atoms with Gasteiger partial charge in [0, 0.05) is 11.4 Å². The number of carbonyl (C=O) groups excluding carboxylic acids is 1. The number of benzene rings is 1. The van der Waals surface area contributed by atoms with Crippen LogP contribution in [0.1, 0.15) is 40.9 Å². The Morgan fingerprint density at radius 3 is 2.48 bits per heavy atom. The van der Waals surface area contributed by atoms with Crippen LogP contribution in [0.25, 0.3) is 0 Å². The highest BCUT2D eigenvalue weighted by molar-refractivity contribution is 5.79. The second-order valence-electron chi connectivity index (χ2n) is 6.13. The van der Waals surface area contributed by atoms with Crippen molar-refractivity contribution in [1.82, 2.24) is 15.4 Å². The molecule has 3 rings (SSSR count). The molecule has 120 valence electrons. The van der Waals surface area contributed by atoms with Crippen molar-refractivity contribution in [3.8, 4) is 0 Å². The average molecular weight is 310 g/mol. The van der Waals surface area contributed by atoms with E-state index in [2.05, 4.69) is 39.0 Å². The van der Waals surface area contributed by atoms with Crippen LogP contribution in [0.2, 0.25) is 0 Å². The molecule has 5 heteroatoms. The normalized spacial score (nSPS) is 13.3. The summed E-state index contributed by atoms with van der Waals surface area (Å²) in [5, 5.41) is 0. The molecule has 23 heavy (non-hydrogen) atoms. The first-order chi connectivity index (χ1) is 11.1. The molecule has 1 heterocycles. The summed E-state index contributed by atoms with van der Waals surface area (Å²) in [5.41, 5.74) is 11.1. The number of hydrazine groups is 1. The van der Waals surface area contributed by atoms with Crippen molar-refractivity contribution in [3.63, 3.8) is 0 Å². The highest BCUT2D eigenvalue weighted by Gasteiger charge is 2.11. The molecule has 0 atom stereocenters. The molecule has 2 N–H and O–H groups in total. The fourth-order valence-electron chi connectivity index (χ4n) is 3.03. The van der Waals surface area contributed by atoms with Gasteiger partial charge < -0.3 is 0 Å². The topological polar surface area (TPSA) is 66.9 Å². The molecule has 1 aliphatic rings. The molecule has 5 nitrogen and oxygen atoms in total. The van der Waals surface area contributed by atoms with E-state index in [9.17, 15) is 4.79 Å². The Bertz CT molecular complexity index is 707. The van der Waals surface area contributed by atoms with E-state index in [1.807, 2.05) is 19.9 Å². The lowest BCUT2D eigenvalue weighted by molar-refractivity contribution is -0.119. The van der Waals surface area contributed by atoms with Gasteiger partial charge in [0.05, 0.1) is 6.42 Å². The number of hydrogen-bond acceptors (Lipinski definition) is 4. The van der Waals surface area contributed by atoms with Crippen molar-refractivity contribution in [2.24, 2.45) is 0 Å². The molecule has 0 spiro atoms. The largest absolute Gasteiger partial charge is 0.273 e. The van der Waals surface area contributed by atoms with E-state index in [1.54, 1.807) is 0 Å². The number of carbonyl (C=O) groups is 1. The summed E-state index contributed by atoms with van der Waals surface area (Å²) in [4.78, 5) is 20.6. The van der Waals surface area contributed by atoms with Gasteiger partial charge in [-0.05, 0) is 62.3 Å². The van der Waals surface area contributed by atoms with Crippen LogP contribution >= 0.6 is 0 Å². The van der Waals surface area contributed by atoms with Gasteiger partial charge in [0.1, 0.15) is 0 Å². The molecule has 1 aliphatic carbocycles. The van der Waals surface area contributed by atoms with Crippen LogP contribution in [0.5, 0.6) is 0 Å². The summed E-state index contributed by atoms with van der Waals surface area (Å²) in [5.74, 6) is 0.324. The van der Waals surface area contributed by atoms with E-state index < -0.39 is 0 Å². The van der Waals surface area contributed by atoms with Crippen LogP contribution in [0.15, 0.2) is 24.3 Å². The number of hydrogen-bond donors (Lipinski definition) is 2. The third-order valence-corrected chi connectivity index (χ3v) is 4.07. The van der Waals surface area contributed by atoms with E-state index in [-0.39, 0.29) is 5.91 Å². The van der Waals surface area contributed by atoms with Gasteiger partial charge in [-0.25, -0.2) is 9.97 Å². The first kappa shape index (κ1) is 15.5. The third-order valence-electron chi connectivity index (χ3n) is 4.07. The Kier molecular flexibility index (Phi) is 4.55. The van der Waals surface area contributed by atoms with E-state index >= 15 is 0 Å². The Balaban J connectivity index is 1.59. The molecular formula is C18H22N4O. The first-order valence-corrected chi connectivity index (χ1v) is 8.08. The lowest BCUT2D eigenvalue weighted by atomic mass is 9.90. The van der Waals surface area contributed by atoms with Crippen molar-refractivity contribution in [2.75, 3.05) is 5.43 Å². The number of aromatic nitrogens is 2. The van der Waals surface area contributed by atoms with Crippen molar-refractivity contribution in [2.45, 2.75) is 46.0 Å². The van der Waals surface area contributed by atoms with Crippen LogP contribution < -0.4 is 10.9 Å². The second kappa shape index (κ2) is 6.77. The highest BCUT2D eigenvalue weighted by atomic mass is 16.2. The van der Waals surface area contributed by atoms with Gasteiger partial charge >= 0.3 is 0 Å². The van der Waals surface area contributed by atoms with E-state index in [0.29, 0.717) is 12.4 Å². The zero-order valence-corrected chi connectivity index (χ0v) is 13.6. The SMILES string of the molecule is Cc1cc(C)nc(NNC(=O)Cc2ccc3c(c2)CCCC3)n1. The molecule has 1 amide bonds. The van der Waals surface area contributed by atoms with Crippen molar-refractivity contribution in [1.29, 1.82) is 0 Å². The lowest BCUT2D eigenvalue weighted by Crippen LogP contribution is -2.31. The zero-order chi connectivity index (χ0) is 16.2. The molecule has 0 radical (unpaired) electrons. The van der Waals surface area contributed by atoms with Crippen LogP contribution in [0, 0.1) is 13.8 Å². The Labute approximate surface area is 136 Å². The number of rotatable bonds is 4. The predicted molar refractivity (Wildman–Crippen MR) is 90.1 cm³/mol. The van der Waals surface area contributed by atoms with Gasteiger partial charge in [0.25, 0.3) is 0 Å². The fourth-order valence-corrected chi connectivity index (χ4v) is 3.03. The van der Waals surface area contributed by atoms with Gasteiger partial charge in [0.2, 0.25) is 11.9 Å². The molecule has 0 aliphatic heterocycles. The van der Waals surface area contributed by atoms with E-state index in [1.165, 1.54) is 24.0 Å². The number of aryl methyl sites for hydroxylation is 4. The maximum Gasteiger partial charge on any atom is 0.242 e. The van der Waals surface area contributed by atoms with Crippen LogP contribution in [0.3, 0.4) is 0 Å². The summed E-state index contributed by atoms with van der Waals surface area (Å²) in [6.07, 6.45) is 5.15. The van der Waals surface area contributed by atoms with E-state index in [4.69, 9.17) is 0 Å². The fraction of sp³-hybridized carbons (Fsp3) is 0.389. The van der Waals surface area contributed by atoms with Gasteiger partial charge in [0.15, 0.2) is 0 Å². The average Bonchev–Trinajstić information content (AvgIpc) is 2.52. The number of amides is 1. The monoisotopic (exact) mass is 310 g/mol. The second-order valence-corrected chi connectivity index (χ2v) is 6.13. The number of anilines is 1. The van der Waals surface area contributed by atoms with Crippen molar-refractivity contribution < 1.29 is 4.79 Å². The predicted octanol–water partition coefficient (Wildman–Crippen LogP) is 2.66. The van der Waals surface area contributed by atoms with Gasteiger partial charge in [-0.2, -0.15) is 0 Å². The number of nitrogens with one attached hydrogen (secondary N) is 2. The molecule has 1 aromatic heterocycles. The molecule has 1 aromatic carbocycles. The zero-order valence-electron chi connectivity index (χ0n) is 13.6. The Morgan fingerprint density at radius 1 is 1.04 bits per heavy atom. The summed E-state index contributed by atoms with van der Waals surface area (Å²) >= 11 is 0. The minimum absolute atomic E-state index is 0.0940. The van der Waals surface area contributed by atoms with Gasteiger partial charge in [-0.15, -0.1) is 0 Å². The van der Waals surface area contributed by atoms with Crippen molar-refractivity contribution >= 4 is 11.9 Å². The van der Waals surface area contributed by atoms with Crippen LogP contribution in [-0.2, 0) is 24.1 Å². The van der Waals surface area contributed by atoms with Crippen LogP contribution in [0.4, 0.5) is 5.95 Å². The standard InChI is InChI=1S/C18H22N4O/c1-12-9-13(2)20-18(19-12)22-21-17(23)11-14-7-8-15-5-3-4-6-16(15)10-14/h7-10H,3-6,11H2,1-2H3,(H,21,23)(H,19,20,22). The summed E-state index contributed by atoms with van der Waals surface area (Å²) < 4.78 is 0. The third kappa shape index (κ3) is 4.06. The first-order valence-electron chi connectivity index (χ1n) is 8.08. The molecule has 2 aromatic rings. The van der Waals surface area contributed by atoms with Gasteiger partial charge in [-0.3, -0.25) is 15.6 Å².